The van der Waals surface area contributed by atoms with E-state index in [1.165, 1.54) is 4.52 Å². The fourth-order valence-corrected chi connectivity index (χ4v) is 1.68. The van der Waals surface area contributed by atoms with Gasteiger partial charge in [-0.05, 0) is 20.3 Å². The summed E-state index contributed by atoms with van der Waals surface area (Å²) >= 11 is 0. The van der Waals surface area contributed by atoms with E-state index in [2.05, 4.69) is 15.1 Å². The molecule has 0 aliphatic heterocycles. The zero-order valence-corrected chi connectivity index (χ0v) is 9.52. The molecular formula is C10H12N4O3. The van der Waals surface area contributed by atoms with Crippen molar-refractivity contribution in [1.82, 2.24) is 19.6 Å². The molecule has 0 saturated heterocycles. The van der Waals surface area contributed by atoms with Gasteiger partial charge in [0.2, 0.25) is 0 Å². The molecule has 0 amide bonds. The van der Waals surface area contributed by atoms with Crippen LogP contribution < -0.4 is 5.56 Å². The normalized spacial score (nSPS) is 10.9. The Kier molecular flexibility index (Phi) is 2.66. The third kappa shape index (κ3) is 2.03. The average molecular weight is 236 g/mol. The number of carboxylic acid groups (broad SMARTS) is 1. The molecule has 17 heavy (non-hydrogen) atoms. The quantitative estimate of drug-likeness (QED) is 0.784. The third-order valence-corrected chi connectivity index (χ3v) is 2.50. The van der Waals surface area contributed by atoms with Gasteiger partial charge in [-0.2, -0.15) is 9.50 Å². The SMILES string of the molecule is Cc1nc2nc(C)c(CCC(=O)O)c(=O)n2[nH]1. The van der Waals surface area contributed by atoms with Crippen LogP contribution in [0.15, 0.2) is 4.79 Å². The Hall–Kier alpha value is -2.18. The molecule has 0 fully saturated rings. The Morgan fingerprint density at radius 3 is 2.76 bits per heavy atom. The van der Waals surface area contributed by atoms with Gasteiger partial charge in [-0.15, -0.1) is 0 Å². The second-order valence-corrected chi connectivity index (χ2v) is 3.82. The Morgan fingerprint density at radius 2 is 2.12 bits per heavy atom. The zero-order valence-electron chi connectivity index (χ0n) is 9.52. The molecule has 90 valence electrons. The molecule has 7 heteroatoms. The summed E-state index contributed by atoms with van der Waals surface area (Å²) < 4.78 is 1.24. The molecule has 0 bridgehead atoms. The molecule has 0 atom stereocenters. The fourth-order valence-electron chi connectivity index (χ4n) is 1.68. The first-order chi connectivity index (χ1) is 7.99. The molecule has 2 N–H and O–H groups in total. The van der Waals surface area contributed by atoms with Crippen LogP contribution >= 0.6 is 0 Å². The van der Waals surface area contributed by atoms with Gasteiger partial charge in [0, 0.05) is 12.0 Å². The highest BCUT2D eigenvalue weighted by molar-refractivity contribution is 5.67. The number of rotatable bonds is 3. The first kappa shape index (κ1) is 11.3. The van der Waals surface area contributed by atoms with E-state index >= 15 is 0 Å². The van der Waals surface area contributed by atoms with E-state index < -0.39 is 5.97 Å². The summed E-state index contributed by atoms with van der Waals surface area (Å²) in [6, 6.07) is 0. The summed E-state index contributed by atoms with van der Waals surface area (Å²) in [5.41, 5.74) is 0.658. The lowest BCUT2D eigenvalue weighted by molar-refractivity contribution is -0.136. The van der Waals surface area contributed by atoms with Gasteiger partial charge in [0.15, 0.2) is 0 Å². The number of H-pyrrole nitrogens is 1. The first-order valence-electron chi connectivity index (χ1n) is 5.15. The van der Waals surface area contributed by atoms with Crippen molar-refractivity contribution in [2.75, 3.05) is 0 Å². The molecule has 0 radical (unpaired) electrons. The lowest BCUT2D eigenvalue weighted by Gasteiger charge is -2.02. The molecule has 7 nitrogen and oxygen atoms in total. The first-order valence-corrected chi connectivity index (χ1v) is 5.15. The van der Waals surface area contributed by atoms with Gasteiger partial charge in [-0.25, -0.2) is 4.98 Å². The monoisotopic (exact) mass is 236 g/mol. The molecule has 2 aromatic rings. The number of aryl methyl sites for hydroxylation is 2. The molecule has 0 aliphatic rings. The van der Waals surface area contributed by atoms with Crippen molar-refractivity contribution in [3.63, 3.8) is 0 Å². The smallest absolute Gasteiger partial charge is 0.303 e. The summed E-state index contributed by atoms with van der Waals surface area (Å²) in [7, 11) is 0. The molecule has 0 unspecified atom stereocenters. The van der Waals surface area contributed by atoms with Crippen LogP contribution in [-0.2, 0) is 11.2 Å². The lowest BCUT2D eigenvalue weighted by Crippen LogP contribution is -2.22. The Morgan fingerprint density at radius 1 is 1.41 bits per heavy atom. The molecular weight excluding hydrogens is 224 g/mol. The number of fused-ring (bicyclic) bond motifs is 1. The fraction of sp³-hybridized carbons (Fsp3) is 0.400. The van der Waals surface area contributed by atoms with Crippen molar-refractivity contribution in [3.05, 3.63) is 27.4 Å². The summed E-state index contributed by atoms with van der Waals surface area (Å²) in [4.78, 5) is 30.8. The van der Waals surface area contributed by atoms with Gasteiger partial charge < -0.3 is 5.11 Å². The largest absolute Gasteiger partial charge is 0.481 e. The minimum absolute atomic E-state index is 0.0864. The van der Waals surface area contributed by atoms with Crippen molar-refractivity contribution < 1.29 is 9.90 Å². The Labute approximate surface area is 96.1 Å². The molecule has 0 aromatic carbocycles. The number of hydrogen-bond acceptors (Lipinski definition) is 4. The molecule has 0 spiro atoms. The van der Waals surface area contributed by atoms with E-state index in [1.54, 1.807) is 13.8 Å². The Balaban J connectivity index is 2.55. The van der Waals surface area contributed by atoms with Gasteiger partial charge in [0.05, 0.1) is 5.69 Å². The Bertz CT molecular complexity index is 641. The number of hydrogen-bond donors (Lipinski definition) is 2. The maximum absolute atomic E-state index is 12.0. The number of nitrogens with zero attached hydrogens (tertiary/aromatic N) is 3. The van der Waals surface area contributed by atoms with Gasteiger partial charge in [-0.3, -0.25) is 14.7 Å². The highest BCUT2D eigenvalue weighted by Crippen LogP contribution is 2.04. The van der Waals surface area contributed by atoms with Crippen molar-refractivity contribution in [3.8, 4) is 0 Å². The minimum Gasteiger partial charge on any atom is -0.481 e. The standard InChI is InChI=1S/C10H12N4O3/c1-5-7(3-4-8(15)16)9(17)14-10(11-5)12-6(2)13-14/h3-4H2,1-2H3,(H,15,16)(H,11,12,13). The van der Waals surface area contributed by atoms with Crippen molar-refractivity contribution in [2.45, 2.75) is 26.7 Å². The van der Waals surface area contributed by atoms with Crippen LogP contribution in [0.5, 0.6) is 0 Å². The lowest BCUT2D eigenvalue weighted by atomic mass is 10.1. The van der Waals surface area contributed by atoms with Gasteiger partial charge in [0.1, 0.15) is 5.82 Å². The van der Waals surface area contributed by atoms with Crippen molar-refractivity contribution >= 4 is 11.7 Å². The number of aromatic nitrogens is 4. The molecule has 0 saturated carbocycles. The molecule has 2 rings (SSSR count). The number of nitrogens with one attached hydrogen (secondary N) is 1. The van der Waals surface area contributed by atoms with E-state index in [0.717, 1.165) is 0 Å². The number of carbonyl (C=O) groups is 1. The number of aliphatic carboxylic acids is 1. The van der Waals surface area contributed by atoms with Crippen LogP contribution in [0.2, 0.25) is 0 Å². The van der Waals surface area contributed by atoms with Crippen molar-refractivity contribution in [1.29, 1.82) is 0 Å². The topological polar surface area (TPSA) is 100 Å². The van der Waals surface area contributed by atoms with E-state index in [4.69, 9.17) is 5.11 Å². The highest BCUT2D eigenvalue weighted by Gasteiger charge is 2.13. The molecule has 2 aromatic heterocycles. The highest BCUT2D eigenvalue weighted by atomic mass is 16.4. The van der Waals surface area contributed by atoms with Gasteiger partial charge in [0.25, 0.3) is 11.3 Å². The number of aromatic amines is 1. The summed E-state index contributed by atoms with van der Waals surface area (Å²) in [5, 5.41) is 11.4. The summed E-state index contributed by atoms with van der Waals surface area (Å²) in [5.74, 6) is -0.0388. The predicted octanol–water partition coefficient (Wildman–Crippen LogP) is 0.0516. The third-order valence-electron chi connectivity index (χ3n) is 2.50. The minimum atomic E-state index is -0.935. The van der Waals surface area contributed by atoms with E-state index in [9.17, 15) is 9.59 Å². The predicted molar refractivity (Wildman–Crippen MR) is 59.0 cm³/mol. The average Bonchev–Trinajstić information content (AvgIpc) is 2.58. The van der Waals surface area contributed by atoms with Crippen LogP contribution in [0.25, 0.3) is 5.78 Å². The van der Waals surface area contributed by atoms with Crippen LogP contribution in [0.4, 0.5) is 0 Å². The van der Waals surface area contributed by atoms with E-state index in [1.807, 2.05) is 0 Å². The van der Waals surface area contributed by atoms with Crippen LogP contribution in [0, 0.1) is 13.8 Å². The van der Waals surface area contributed by atoms with Gasteiger partial charge in [-0.1, -0.05) is 0 Å². The van der Waals surface area contributed by atoms with Gasteiger partial charge >= 0.3 is 5.97 Å². The summed E-state index contributed by atoms with van der Waals surface area (Å²) in [6.07, 6.45) is 0.0882. The van der Waals surface area contributed by atoms with Crippen LogP contribution in [0.3, 0.4) is 0 Å². The molecule has 2 heterocycles. The van der Waals surface area contributed by atoms with Crippen molar-refractivity contribution in [2.24, 2.45) is 0 Å². The molecule has 0 aliphatic carbocycles. The van der Waals surface area contributed by atoms with E-state index in [0.29, 0.717) is 22.9 Å². The maximum atomic E-state index is 12.0. The maximum Gasteiger partial charge on any atom is 0.303 e. The second kappa shape index (κ2) is 4.00. The van der Waals surface area contributed by atoms with E-state index in [-0.39, 0.29) is 18.4 Å². The zero-order chi connectivity index (χ0) is 12.6. The number of carboxylic acids is 1. The second-order valence-electron chi connectivity index (χ2n) is 3.82. The van der Waals surface area contributed by atoms with Crippen LogP contribution in [-0.4, -0.2) is 30.7 Å². The summed E-state index contributed by atoms with van der Waals surface area (Å²) in [6.45, 7) is 3.41. The van der Waals surface area contributed by atoms with Crippen LogP contribution in [0.1, 0.15) is 23.5 Å².